The summed E-state index contributed by atoms with van der Waals surface area (Å²) in [4.78, 5) is 25.2. The molecule has 0 radical (unpaired) electrons. The summed E-state index contributed by atoms with van der Waals surface area (Å²) in [6.45, 7) is 0.755. The molecule has 0 unspecified atom stereocenters. The summed E-state index contributed by atoms with van der Waals surface area (Å²) >= 11 is 0. The molecule has 0 aromatic heterocycles. The first-order chi connectivity index (χ1) is 13.6. The summed E-state index contributed by atoms with van der Waals surface area (Å²) in [5, 5.41) is 0. The number of fused-ring (bicyclic) bond motifs is 1. The van der Waals surface area contributed by atoms with E-state index in [1.165, 1.54) is 12.1 Å². The van der Waals surface area contributed by atoms with Crippen molar-refractivity contribution in [1.82, 2.24) is 0 Å². The van der Waals surface area contributed by atoms with Crippen molar-refractivity contribution in [1.29, 1.82) is 0 Å². The average Bonchev–Trinajstić information content (AvgIpc) is 2.91. The van der Waals surface area contributed by atoms with Crippen molar-refractivity contribution < 1.29 is 28.2 Å². The third-order valence-electron chi connectivity index (χ3n) is 5.40. The molecule has 0 bridgehead atoms. The molecule has 5 nitrogen and oxygen atoms in total. The molecule has 1 heterocycles. The van der Waals surface area contributed by atoms with Crippen LogP contribution in [-0.2, 0) is 14.9 Å². The van der Waals surface area contributed by atoms with Crippen LogP contribution < -0.4 is 9.47 Å². The molecule has 0 saturated heterocycles. The van der Waals surface area contributed by atoms with Crippen molar-refractivity contribution in [2.75, 3.05) is 19.8 Å². The molecule has 1 aliphatic heterocycles. The number of carbonyl (C=O) groups is 2. The van der Waals surface area contributed by atoms with Gasteiger partial charge in [0.2, 0.25) is 0 Å². The van der Waals surface area contributed by atoms with Gasteiger partial charge in [0.15, 0.2) is 23.9 Å². The minimum atomic E-state index is -0.779. The number of benzene rings is 2. The van der Waals surface area contributed by atoms with Crippen molar-refractivity contribution in [2.24, 2.45) is 0 Å². The topological polar surface area (TPSA) is 61.8 Å². The van der Waals surface area contributed by atoms with Crippen LogP contribution in [0.3, 0.4) is 0 Å². The fourth-order valence-electron chi connectivity index (χ4n) is 3.60. The van der Waals surface area contributed by atoms with E-state index < -0.39 is 11.4 Å². The normalized spacial score (nSPS) is 17.2. The van der Waals surface area contributed by atoms with E-state index in [0.717, 1.165) is 18.4 Å². The first-order valence-electron chi connectivity index (χ1n) is 9.45. The standard InChI is InChI=1S/C22H21FO5/c23-17-6-4-16(5-7-17)22(9-1-10-22)21(25)28-14-18(24)15-3-8-19-20(13-15)27-12-2-11-26-19/h3-8,13H,1-2,9-12,14H2. The highest BCUT2D eigenvalue weighted by Gasteiger charge is 2.47. The van der Waals surface area contributed by atoms with Crippen LogP contribution in [0.25, 0.3) is 0 Å². The third kappa shape index (κ3) is 3.46. The number of halogens is 1. The van der Waals surface area contributed by atoms with Gasteiger partial charge in [0.05, 0.1) is 18.6 Å². The Morgan fingerprint density at radius 3 is 2.36 bits per heavy atom. The second-order valence-electron chi connectivity index (χ2n) is 7.15. The Morgan fingerprint density at radius 2 is 1.68 bits per heavy atom. The predicted octanol–water partition coefficient (Wildman–Crippen LogP) is 3.83. The molecule has 146 valence electrons. The van der Waals surface area contributed by atoms with Crippen LogP contribution in [-0.4, -0.2) is 31.6 Å². The van der Waals surface area contributed by atoms with E-state index in [1.54, 1.807) is 30.3 Å². The predicted molar refractivity (Wildman–Crippen MR) is 99.3 cm³/mol. The van der Waals surface area contributed by atoms with E-state index in [9.17, 15) is 14.0 Å². The van der Waals surface area contributed by atoms with E-state index in [2.05, 4.69) is 0 Å². The second kappa shape index (κ2) is 7.62. The smallest absolute Gasteiger partial charge is 0.317 e. The average molecular weight is 384 g/mol. The number of carbonyl (C=O) groups excluding carboxylic acids is 2. The molecule has 4 rings (SSSR count). The zero-order chi connectivity index (χ0) is 19.6. The maximum absolute atomic E-state index is 13.2. The molecule has 1 fully saturated rings. The van der Waals surface area contributed by atoms with Gasteiger partial charge in [0.25, 0.3) is 0 Å². The highest BCUT2D eigenvalue weighted by molar-refractivity contribution is 5.99. The number of esters is 1. The number of hydrogen-bond acceptors (Lipinski definition) is 5. The van der Waals surface area contributed by atoms with Gasteiger partial charge in [0, 0.05) is 12.0 Å². The van der Waals surface area contributed by atoms with Crippen LogP contribution in [0.2, 0.25) is 0 Å². The Bertz CT molecular complexity index is 886. The molecule has 2 aromatic carbocycles. The lowest BCUT2D eigenvalue weighted by Gasteiger charge is -2.39. The van der Waals surface area contributed by atoms with Crippen molar-refractivity contribution >= 4 is 11.8 Å². The minimum absolute atomic E-state index is 0.308. The SMILES string of the molecule is O=C(COC(=O)C1(c2ccc(F)cc2)CCC1)c1ccc2c(c1)OCCCO2. The van der Waals surface area contributed by atoms with E-state index >= 15 is 0 Å². The molecular formula is C22H21FO5. The fraction of sp³-hybridized carbons (Fsp3) is 0.364. The summed E-state index contributed by atoms with van der Waals surface area (Å²) in [7, 11) is 0. The monoisotopic (exact) mass is 384 g/mol. The molecule has 1 aliphatic carbocycles. The van der Waals surface area contributed by atoms with Gasteiger partial charge < -0.3 is 14.2 Å². The number of hydrogen-bond donors (Lipinski definition) is 0. The Morgan fingerprint density at radius 1 is 0.964 bits per heavy atom. The Kier molecular flexibility index (Phi) is 5.03. The van der Waals surface area contributed by atoms with Crippen LogP contribution >= 0.6 is 0 Å². The van der Waals surface area contributed by atoms with Gasteiger partial charge in [0.1, 0.15) is 5.82 Å². The molecule has 28 heavy (non-hydrogen) atoms. The molecular weight excluding hydrogens is 363 g/mol. The van der Waals surface area contributed by atoms with Crippen LogP contribution in [0.4, 0.5) is 4.39 Å². The van der Waals surface area contributed by atoms with Gasteiger partial charge in [-0.3, -0.25) is 9.59 Å². The van der Waals surface area contributed by atoms with Gasteiger partial charge in [-0.05, 0) is 48.7 Å². The first kappa shape index (κ1) is 18.5. The molecule has 6 heteroatoms. The summed E-state index contributed by atoms with van der Waals surface area (Å²) in [6, 6.07) is 10.9. The Hall–Kier alpha value is -2.89. The van der Waals surface area contributed by atoms with Gasteiger partial charge >= 0.3 is 5.97 Å². The maximum Gasteiger partial charge on any atom is 0.317 e. The summed E-state index contributed by atoms with van der Waals surface area (Å²) in [5.74, 6) is 0.0361. The third-order valence-corrected chi connectivity index (χ3v) is 5.40. The fourth-order valence-corrected chi connectivity index (χ4v) is 3.60. The van der Waals surface area contributed by atoms with E-state index in [-0.39, 0.29) is 18.2 Å². The number of Topliss-reactive ketones (excluding diaryl/α,β-unsaturated/α-hetero) is 1. The summed E-state index contributed by atoms with van der Waals surface area (Å²) in [5.41, 5.74) is 0.355. The van der Waals surface area contributed by atoms with Crippen molar-refractivity contribution in [3.05, 3.63) is 59.4 Å². The number of ketones is 1. The van der Waals surface area contributed by atoms with E-state index in [4.69, 9.17) is 14.2 Å². The van der Waals surface area contributed by atoms with E-state index in [1.807, 2.05) is 0 Å². The van der Waals surface area contributed by atoms with Crippen LogP contribution in [0.5, 0.6) is 11.5 Å². The van der Waals surface area contributed by atoms with Crippen LogP contribution in [0, 0.1) is 5.82 Å². The molecule has 0 atom stereocenters. The summed E-state index contributed by atoms with van der Waals surface area (Å²) in [6.07, 6.45) is 2.94. The lowest BCUT2D eigenvalue weighted by molar-refractivity contribution is -0.153. The molecule has 0 spiro atoms. The highest BCUT2D eigenvalue weighted by Crippen LogP contribution is 2.44. The lowest BCUT2D eigenvalue weighted by atomic mass is 9.64. The van der Waals surface area contributed by atoms with Crippen LogP contribution in [0.1, 0.15) is 41.6 Å². The lowest BCUT2D eigenvalue weighted by Crippen LogP contribution is -2.44. The Balaban J connectivity index is 1.43. The minimum Gasteiger partial charge on any atom is -0.490 e. The van der Waals surface area contributed by atoms with Crippen molar-refractivity contribution in [3.8, 4) is 11.5 Å². The summed E-state index contributed by atoms with van der Waals surface area (Å²) < 4.78 is 29.7. The van der Waals surface area contributed by atoms with Crippen molar-refractivity contribution in [3.63, 3.8) is 0 Å². The van der Waals surface area contributed by atoms with E-state index in [0.29, 0.717) is 43.1 Å². The van der Waals surface area contributed by atoms with Gasteiger partial charge in [-0.25, -0.2) is 4.39 Å². The van der Waals surface area contributed by atoms with Crippen LogP contribution in [0.15, 0.2) is 42.5 Å². The second-order valence-corrected chi connectivity index (χ2v) is 7.15. The maximum atomic E-state index is 13.2. The zero-order valence-electron chi connectivity index (χ0n) is 15.4. The zero-order valence-corrected chi connectivity index (χ0v) is 15.4. The number of ether oxygens (including phenoxy) is 3. The largest absolute Gasteiger partial charge is 0.490 e. The van der Waals surface area contributed by atoms with Crippen molar-refractivity contribution in [2.45, 2.75) is 31.1 Å². The molecule has 0 amide bonds. The Labute approximate surface area is 162 Å². The molecule has 0 N–H and O–H groups in total. The quantitative estimate of drug-likeness (QED) is 0.579. The van der Waals surface area contributed by atoms with Gasteiger partial charge in [-0.1, -0.05) is 18.6 Å². The highest BCUT2D eigenvalue weighted by atomic mass is 19.1. The van der Waals surface area contributed by atoms with Gasteiger partial charge in [-0.15, -0.1) is 0 Å². The molecule has 2 aliphatic rings. The first-order valence-corrected chi connectivity index (χ1v) is 9.45. The van der Waals surface area contributed by atoms with Gasteiger partial charge in [-0.2, -0.15) is 0 Å². The molecule has 1 saturated carbocycles. The molecule has 2 aromatic rings. The number of rotatable bonds is 5.